The zero-order valence-corrected chi connectivity index (χ0v) is 15.1. The first-order valence-corrected chi connectivity index (χ1v) is 9.98. The second-order valence-electron chi connectivity index (χ2n) is 6.20. The third-order valence-electron chi connectivity index (χ3n) is 4.37. The number of carbonyl (C=O) groups excluding carboxylic acids is 1. The van der Waals surface area contributed by atoms with Crippen LogP contribution in [0.3, 0.4) is 0 Å². The molecule has 0 atom stereocenters. The predicted molar refractivity (Wildman–Crippen MR) is 98.2 cm³/mol. The van der Waals surface area contributed by atoms with Gasteiger partial charge in [0, 0.05) is 16.8 Å². The summed E-state index contributed by atoms with van der Waals surface area (Å²) in [6.07, 6.45) is 4.88. The number of carboxylic acids is 1. The van der Waals surface area contributed by atoms with E-state index in [4.69, 9.17) is 5.11 Å². The van der Waals surface area contributed by atoms with Crippen LogP contribution < -0.4 is 10.6 Å². The van der Waals surface area contributed by atoms with E-state index < -0.39 is 5.97 Å². The number of aliphatic carboxylic acids is 1. The zero-order valence-electron chi connectivity index (χ0n) is 13.5. The average Bonchev–Trinajstić information content (AvgIpc) is 3.12. The van der Waals surface area contributed by atoms with Crippen LogP contribution in [0.2, 0.25) is 0 Å². The molecule has 1 saturated heterocycles. The highest BCUT2D eigenvalue weighted by molar-refractivity contribution is 7.39. The maximum atomic E-state index is 12.0. The average molecular weight is 367 g/mol. The fourth-order valence-electron chi connectivity index (χ4n) is 3.01. The molecule has 2 aromatic rings. The summed E-state index contributed by atoms with van der Waals surface area (Å²) in [5, 5.41) is 15.8. The van der Waals surface area contributed by atoms with E-state index in [9.17, 15) is 9.59 Å². The summed E-state index contributed by atoms with van der Waals surface area (Å²) in [6, 6.07) is 4.12. The van der Waals surface area contributed by atoms with Crippen molar-refractivity contribution in [2.24, 2.45) is 5.92 Å². The van der Waals surface area contributed by atoms with Crippen molar-refractivity contribution >= 4 is 43.9 Å². The van der Waals surface area contributed by atoms with Crippen molar-refractivity contribution in [2.45, 2.75) is 32.1 Å². The van der Waals surface area contributed by atoms with Gasteiger partial charge in [0.1, 0.15) is 0 Å². The summed E-state index contributed by atoms with van der Waals surface area (Å²) in [5.41, 5.74) is 0. The van der Waals surface area contributed by atoms with E-state index in [1.165, 1.54) is 39.5 Å². The Hall–Kier alpha value is -1.44. The molecule has 2 aromatic heterocycles. The van der Waals surface area contributed by atoms with Crippen molar-refractivity contribution in [3.8, 4) is 0 Å². The number of nitrogens with one attached hydrogen (secondary N) is 2. The largest absolute Gasteiger partial charge is 0.481 e. The Morgan fingerprint density at radius 3 is 2.75 bits per heavy atom. The third kappa shape index (κ3) is 4.55. The van der Waals surface area contributed by atoms with Crippen LogP contribution in [0.25, 0.3) is 9.40 Å². The van der Waals surface area contributed by atoms with Crippen molar-refractivity contribution in [1.29, 1.82) is 0 Å². The highest BCUT2D eigenvalue weighted by Gasteiger charge is 2.15. The number of hydrogen-bond acceptors (Lipinski definition) is 5. The van der Waals surface area contributed by atoms with Crippen molar-refractivity contribution in [2.75, 3.05) is 19.6 Å². The molecule has 24 heavy (non-hydrogen) atoms. The molecule has 0 aliphatic carbocycles. The maximum Gasteiger partial charge on any atom is 0.305 e. The minimum absolute atomic E-state index is 0.0493. The summed E-state index contributed by atoms with van der Waals surface area (Å²) >= 11 is 3.28. The van der Waals surface area contributed by atoms with Gasteiger partial charge in [0.2, 0.25) is 0 Å². The molecule has 7 heteroatoms. The van der Waals surface area contributed by atoms with Gasteiger partial charge in [-0.2, -0.15) is 0 Å². The summed E-state index contributed by atoms with van der Waals surface area (Å²) in [6.45, 7) is 2.45. The van der Waals surface area contributed by atoms with Gasteiger partial charge in [-0.3, -0.25) is 9.59 Å². The van der Waals surface area contributed by atoms with Gasteiger partial charge in [-0.05, 0) is 56.8 Å². The number of fused-ring (bicyclic) bond motifs is 1. The molecular weight excluding hydrogens is 344 g/mol. The quantitative estimate of drug-likeness (QED) is 0.704. The second kappa shape index (κ2) is 8.09. The fourth-order valence-corrected chi connectivity index (χ4v) is 5.44. The van der Waals surface area contributed by atoms with Gasteiger partial charge >= 0.3 is 5.97 Å². The lowest BCUT2D eigenvalue weighted by molar-refractivity contribution is -0.136. The molecule has 1 amide bonds. The number of hydrogen-bond donors (Lipinski definition) is 3. The van der Waals surface area contributed by atoms with Crippen molar-refractivity contribution in [1.82, 2.24) is 10.6 Å². The number of thiophene rings is 2. The Kier molecular flexibility index (Phi) is 5.86. The number of carbonyl (C=O) groups is 2. The van der Waals surface area contributed by atoms with Crippen LogP contribution in [0.15, 0.2) is 12.1 Å². The van der Waals surface area contributed by atoms with Gasteiger partial charge in [-0.15, -0.1) is 22.7 Å². The van der Waals surface area contributed by atoms with Crippen LogP contribution in [0.4, 0.5) is 0 Å². The molecule has 0 saturated carbocycles. The molecule has 1 aliphatic heterocycles. The van der Waals surface area contributed by atoms with Gasteiger partial charge in [0.15, 0.2) is 0 Å². The van der Waals surface area contributed by atoms with E-state index in [1.54, 1.807) is 11.3 Å². The SMILES string of the molecule is O=C(O)CCNC(=O)c1cc2cc(CCC3CCNCC3)sc2s1. The molecule has 0 radical (unpaired) electrons. The van der Waals surface area contributed by atoms with E-state index in [-0.39, 0.29) is 18.9 Å². The van der Waals surface area contributed by atoms with E-state index in [0.717, 1.165) is 30.8 Å². The summed E-state index contributed by atoms with van der Waals surface area (Å²) in [7, 11) is 0. The fraction of sp³-hybridized carbons (Fsp3) is 0.529. The summed E-state index contributed by atoms with van der Waals surface area (Å²) in [5.74, 6) is -0.247. The first-order chi connectivity index (χ1) is 11.6. The smallest absolute Gasteiger partial charge is 0.305 e. The first kappa shape index (κ1) is 17.4. The van der Waals surface area contributed by atoms with Crippen LogP contribution >= 0.6 is 22.7 Å². The summed E-state index contributed by atoms with van der Waals surface area (Å²) < 4.78 is 1.18. The molecule has 1 aliphatic rings. The minimum Gasteiger partial charge on any atom is -0.481 e. The molecule has 0 aromatic carbocycles. The molecular formula is C17H22N2O3S2. The van der Waals surface area contributed by atoms with Crippen molar-refractivity contribution in [3.05, 3.63) is 21.9 Å². The molecule has 0 bridgehead atoms. The molecule has 0 unspecified atom stereocenters. The number of piperidine rings is 1. The van der Waals surface area contributed by atoms with Crippen molar-refractivity contribution < 1.29 is 14.7 Å². The Balaban J connectivity index is 1.54. The number of amides is 1. The van der Waals surface area contributed by atoms with Gasteiger partial charge in [-0.1, -0.05) is 0 Å². The van der Waals surface area contributed by atoms with Crippen molar-refractivity contribution in [3.63, 3.8) is 0 Å². The first-order valence-electron chi connectivity index (χ1n) is 8.35. The molecule has 3 heterocycles. The lowest BCUT2D eigenvalue weighted by atomic mass is 9.93. The Bertz CT molecular complexity index is 685. The number of rotatable bonds is 7. The molecule has 0 spiro atoms. The lowest BCUT2D eigenvalue weighted by Gasteiger charge is -2.22. The van der Waals surface area contributed by atoms with E-state index >= 15 is 0 Å². The molecule has 1 fully saturated rings. The monoisotopic (exact) mass is 366 g/mol. The van der Waals surface area contributed by atoms with Gasteiger partial charge in [0.25, 0.3) is 5.91 Å². The van der Waals surface area contributed by atoms with Crippen LogP contribution in [0, 0.1) is 5.92 Å². The number of carboxylic acid groups (broad SMARTS) is 1. The zero-order chi connectivity index (χ0) is 16.9. The summed E-state index contributed by atoms with van der Waals surface area (Å²) in [4.78, 5) is 24.6. The Morgan fingerprint density at radius 2 is 2.04 bits per heavy atom. The minimum atomic E-state index is -0.902. The van der Waals surface area contributed by atoms with Crippen LogP contribution in [-0.4, -0.2) is 36.6 Å². The van der Waals surface area contributed by atoms with E-state index in [1.807, 2.05) is 6.07 Å². The molecule has 3 N–H and O–H groups in total. The van der Waals surface area contributed by atoms with E-state index in [0.29, 0.717) is 4.88 Å². The Morgan fingerprint density at radius 1 is 1.25 bits per heavy atom. The highest BCUT2D eigenvalue weighted by Crippen LogP contribution is 2.34. The maximum absolute atomic E-state index is 12.0. The topological polar surface area (TPSA) is 78.4 Å². The lowest BCUT2D eigenvalue weighted by Crippen LogP contribution is -2.27. The van der Waals surface area contributed by atoms with Gasteiger partial charge < -0.3 is 15.7 Å². The predicted octanol–water partition coefficient (Wildman–Crippen LogP) is 3.10. The standard InChI is InChI=1S/C17H22N2O3S2/c20-15(21)5-8-19-16(22)14-10-12-9-13(23-17(12)24-14)2-1-11-3-6-18-7-4-11/h9-11,18H,1-8H2,(H,19,22)(H,20,21). The van der Waals surface area contributed by atoms with Crippen LogP contribution in [-0.2, 0) is 11.2 Å². The Labute approximate surface area is 149 Å². The van der Waals surface area contributed by atoms with Gasteiger partial charge in [0.05, 0.1) is 15.3 Å². The highest BCUT2D eigenvalue weighted by atomic mass is 32.2. The third-order valence-corrected chi connectivity index (χ3v) is 6.82. The van der Waals surface area contributed by atoms with Gasteiger partial charge in [-0.25, -0.2) is 0 Å². The molecule has 130 valence electrons. The van der Waals surface area contributed by atoms with E-state index in [2.05, 4.69) is 16.7 Å². The van der Waals surface area contributed by atoms with Crippen LogP contribution in [0.5, 0.6) is 0 Å². The second-order valence-corrected chi connectivity index (χ2v) is 8.65. The molecule has 3 rings (SSSR count). The molecule has 5 nitrogen and oxygen atoms in total. The normalized spacial score (nSPS) is 15.7. The van der Waals surface area contributed by atoms with Crippen LogP contribution in [0.1, 0.15) is 40.2 Å². The number of aryl methyl sites for hydroxylation is 1.